The van der Waals surface area contributed by atoms with E-state index in [4.69, 9.17) is 9.52 Å². The SMILES string of the molecule is Cc1ccc(-c2ocnc2C(=O)N2CC[C@H](C(=O)O)C2)cc1. The third kappa shape index (κ3) is 2.59. The standard InChI is InChI=1S/C16H16N2O4/c1-10-2-4-11(5-3-10)14-13(17-9-22-14)15(19)18-7-6-12(8-18)16(20)21/h2-5,9,12H,6-8H2,1H3,(H,20,21)/t12-/m0/s1. The van der Waals surface area contributed by atoms with Crippen LogP contribution in [0.25, 0.3) is 11.3 Å². The van der Waals surface area contributed by atoms with Crippen molar-refractivity contribution < 1.29 is 19.1 Å². The van der Waals surface area contributed by atoms with Gasteiger partial charge in [-0.2, -0.15) is 0 Å². The number of carbonyl (C=O) groups excluding carboxylic acids is 1. The number of hydrogen-bond acceptors (Lipinski definition) is 4. The molecule has 0 spiro atoms. The molecule has 6 nitrogen and oxygen atoms in total. The summed E-state index contributed by atoms with van der Waals surface area (Å²) in [6, 6.07) is 7.61. The van der Waals surface area contributed by atoms with Gasteiger partial charge in [-0.05, 0) is 13.3 Å². The number of aromatic nitrogens is 1. The molecule has 1 atom stereocenters. The molecule has 1 N–H and O–H groups in total. The molecule has 2 aromatic rings. The Kier molecular flexibility index (Phi) is 3.66. The lowest BCUT2D eigenvalue weighted by Crippen LogP contribution is -2.30. The van der Waals surface area contributed by atoms with E-state index in [-0.39, 0.29) is 18.1 Å². The molecule has 0 aliphatic carbocycles. The summed E-state index contributed by atoms with van der Waals surface area (Å²) in [6.07, 6.45) is 1.71. The fourth-order valence-electron chi connectivity index (χ4n) is 2.60. The molecule has 1 saturated heterocycles. The third-order valence-corrected chi connectivity index (χ3v) is 3.91. The Labute approximate surface area is 127 Å². The monoisotopic (exact) mass is 300 g/mol. The molecule has 0 saturated carbocycles. The Bertz CT molecular complexity index is 705. The van der Waals surface area contributed by atoms with Crippen LogP contribution in [0.4, 0.5) is 0 Å². The van der Waals surface area contributed by atoms with E-state index in [1.165, 1.54) is 11.3 Å². The van der Waals surface area contributed by atoms with E-state index in [0.29, 0.717) is 18.7 Å². The van der Waals surface area contributed by atoms with Crippen LogP contribution >= 0.6 is 0 Å². The van der Waals surface area contributed by atoms with Crippen LogP contribution in [-0.4, -0.2) is 40.0 Å². The van der Waals surface area contributed by atoms with E-state index >= 15 is 0 Å². The number of nitrogens with zero attached hydrogens (tertiary/aromatic N) is 2. The molecule has 1 aliphatic heterocycles. The first kappa shape index (κ1) is 14.3. The zero-order chi connectivity index (χ0) is 15.7. The predicted molar refractivity (Wildman–Crippen MR) is 78.3 cm³/mol. The summed E-state index contributed by atoms with van der Waals surface area (Å²) in [6.45, 7) is 2.62. The van der Waals surface area contributed by atoms with Gasteiger partial charge in [-0.15, -0.1) is 0 Å². The highest BCUT2D eigenvalue weighted by molar-refractivity contribution is 5.98. The summed E-state index contributed by atoms with van der Waals surface area (Å²) in [5, 5.41) is 9.03. The van der Waals surface area contributed by atoms with Crippen LogP contribution in [0.5, 0.6) is 0 Å². The quantitative estimate of drug-likeness (QED) is 0.939. The molecule has 0 unspecified atom stereocenters. The van der Waals surface area contributed by atoms with Crippen LogP contribution in [0.15, 0.2) is 35.1 Å². The third-order valence-electron chi connectivity index (χ3n) is 3.91. The Morgan fingerprint density at radius 3 is 2.68 bits per heavy atom. The van der Waals surface area contributed by atoms with Crippen LogP contribution in [0.1, 0.15) is 22.5 Å². The van der Waals surface area contributed by atoms with Gasteiger partial charge >= 0.3 is 5.97 Å². The summed E-state index contributed by atoms with van der Waals surface area (Å²) >= 11 is 0. The van der Waals surface area contributed by atoms with E-state index in [1.54, 1.807) is 0 Å². The fraction of sp³-hybridized carbons (Fsp3) is 0.312. The van der Waals surface area contributed by atoms with Gasteiger partial charge in [0.2, 0.25) is 0 Å². The van der Waals surface area contributed by atoms with Crippen molar-refractivity contribution in [3.63, 3.8) is 0 Å². The Hall–Kier alpha value is -2.63. The molecule has 6 heteroatoms. The second-order valence-electron chi connectivity index (χ2n) is 5.47. The van der Waals surface area contributed by atoms with Crippen LogP contribution in [0.3, 0.4) is 0 Å². The molecule has 114 valence electrons. The lowest BCUT2D eigenvalue weighted by molar-refractivity contribution is -0.141. The van der Waals surface area contributed by atoms with E-state index < -0.39 is 11.9 Å². The van der Waals surface area contributed by atoms with Crippen molar-refractivity contribution in [1.82, 2.24) is 9.88 Å². The second kappa shape index (κ2) is 5.63. The minimum Gasteiger partial charge on any atom is -0.481 e. The number of benzene rings is 1. The number of rotatable bonds is 3. The maximum atomic E-state index is 12.5. The topological polar surface area (TPSA) is 83.6 Å². The molecule has 1 fully saturated rings. The Morgan fingerprint density at radius 2 is 2.05 bits per heavy atom. The Balaban J connectivity index is 1.84. The van der Waals surface area contributed by atoms with E-state index in [2.05, 4.69) is 4.98 Å². The van der Waals surface area contributed by atoms with Gasteiger partial charge in [-0.25, -0.2) is 4.98 Å². The van der Waals surface area contributed by atoms with E-state index in [1.807, 2.05) is 31.2 Å². The normalized spacial score (nSPS) is 17.7. The van der Waals surface area contributed by atoms with Gasteiger partial charge in [-0.3, -0.25) is 9.59 Å². The molecule has 1 aromatic heterocycles. The average Bonchev–Trinajstić information content (AvgIpc) is 3.17. The first-order valence-corrected chi connectivity index (χ1v) is 7.09. The van der Waals surface area contributed by atoms with Gasteiger partial charge in [-0.1, -0.05) is 29.8 Å². The summed E-state index contributed by atoms with van der Waals surface area (Å²) in [5.74, 6) is -1.23. The summed E-state index contributed by atoms with van der Waals surface area (Å²) in [4.78, 5) is 29.1. The smallest absolute Gasteiger partial charge is 0.308 e. The molecule has 1 aliphatic rings. The minimum atomic E-state index is -0.866. The number of aliphatic carboxylic acids is 1. The number of amides is 1. The number of hydrogen-bond donors (Lipinski definition) is 1. The van der Waals surface area contributed by atoms with Crippen molar-refractivity contribution in [2.24, 2.45) is 5.92 Å². The van der Waals surface area contributed by atoms with Crippen molar-refractivity contribution >= 4 is 11.9 Å². The van der Waals surface area contributed by atoms with E-state index in [0.717, 1.165) is 11.1 Å². The molecule has 0 radical (unpaired) electrons. The van der Waals surface area contributed by atoms with Crippen LogP contribution < -0.4 is 0 Å². The Morgan fingerprint density at radius 1 is 1.32 bits per heavy atom. The maximum absolute atomic E-state index is 12.5. The summed E-state index contributed by atoms with van der Waals surface area (Å²) in [5.41, 5.74) is 2.12. The highest BCUT2D eigenvalue weighted by Gasteiger charge is 2.33. The predicted octanol–water partition coefficient (Wildman–Crippen LogP) is 2.20. The maximum Gasteiger partial charge on any atom is 0.308 e. The summed E-state index contributed by atoms with van der Waals surface area (Å²) in [7, 11) is 0. The zero-order valence-corrected chi connectivity index (χ0v) is 12.2. The molecule has 1 amide bonds. The molecular formula is C16H16N2O4. The largest absolute Gasteiger partial charge is 0.481 e. The molecule has 0 bridgehead atoms. The van der Waals surface area contributed by atoms with Gasteiger partial charge in [0, 0.05) is 18.7 Å². The average molecular weight is 300 g/mol. The van der Waals surface area contributed by atoms with Crippen LogP contribution in [0, 0.1) is 12.8 Å². The molecule has 3 rings (SSSR count). The van der Waals surface area contributed by atoms with Crippen molar-refractivity contribution in [2.45, 2.75) is 13.3 Å². The minimum absolute atomic E-state index is 0.217. The molecule has 2 heterocycles. The number of carbonyl (C=O) groups is 2. The number of aryl methyl sites for hydroxylation is 1. The lowest BCUT2D eigenvalue weighted by atomic mass is 10.1. The van der Waals surface area contributed by atoms with Crippen LogP contribution in [-0.2, 0) is 4.79 Å². The van der Waals surface area contributed by atoms with Crippen molar-refractivity contribution in [1.29, 1.82) is 0 Å². The first-order chi connectivity index (χ1) is 10.6. The highest BCUT2D eigenvalue weighted by atomic mass is 16.4. The molecule has 22 heavy (non-hydrogen) atoms. The first-order valence-electron chi connectivity index (χ1n) is 7.09. The van der Waals surface area contributed by atoms with Crippen molar-refractivity contribution in [2.75, 3.05) is 13.1 Å². The fourth-order valence-corrected chi connectivity index (χ4v) is 2.60. The number of carboxylic acids is 1. The van der Waals surface area contributed by atoms with Gasteiger partial charge in [0.1, 0.15) is 0 Å². The van der Waals surface area contributed by atoms with Gasteiger partial charge in [0.25, 0.3) is 5.91 Å². The molecular weight excluding hydrogens is 284 g/mol. The second-order valence-corrected chi connectivity index (χ2v) is 5.47. The zero-order valence-electron chi connectivity index (χ0n) is 12.2. The van der Waals surface area contributed by atoms with Crippen molar-refractivity contribution in [3.05, 3.63) is 41.9 Å². The number of likely N-dealkylation sites (tertiary alicyclic amines) is 1. The van der Waals surface area contributed by atoms with Gasteiger partial charge < -0.3 is 14.4 Å². The van der Waals surface area contributed by atoms with Crippen molar-refractivity contribution in [3.8, 4) is 11.3 Å². The van der Waals surface area contributed by atoms with Gasteiger partial charge in [0.15, 0.2) is 17.8 Å². The number of carboxylic acid groups (broad SMARTS) is 1. The van der Waals surface area contributed by atoms with Gasteiger partial charge in [0.05, 0.1) is 5.92 Å². The summed E-state index contributed by atoms with van der Waals surface area (Å²) < 4.78 is 5.37. The number of oxazole rings is 1. The van der Waals surface area contributed by atoms with E-state index in [9.17, 15) is 9.59 Å². The van der Waals surface area contributed by atoms with Crippen LogP contribution in [0.2, 0.25) is 0 Å². The lowest BCUT2D eigenvalue weighted by Gasteiger charge is -2.14. The molecule has 1 aromatic carbocycles. The highest BCUT2D eigenvalue weighted by Crippen LogP contribution is 2.26.